The number of rotatable bonds is 3. The molecule has 0 aromatic carbocycles. The summed E-state index contributed by atoms with van der Waals surface area (Å²) in [7, 11) is 0. The van der Waals surface area contributed by atoms with E-state index in [1.807, 2.05) is 6.92 Å². The highest BCUT2D eigenvalue weighted by molar-refractivity contribution is 5.95. The van der Waals surface area contributed by atoms with Gasteiger partial charge in [0, 0.05) is 24.5 Å². The van der Waals surface area contributed by atoms with Gasteiger partial charge in [-0.1, -0.05) is 12.1 Å². The molecular formula is C15H18N4O3. The molecule has 0 bridgehead atoms. The van der Waals surface area contributed by atoms with Crippen LogP contribution in [0.2, 0.25) is 0 Å². The molecule has 1 aliphatic rings. The van der Waals surface area contributed by atoms with Crippen molar-refractivity contribution in [1.82, 2.24) is 20.0 Å². The number of amides is 1. The number of pyridine rings is 1. The largest absolute Gasteiger partial charge is 0.377 e. The van der Waals surface area contributed by atoms with Crippen LogP contribution in [0.25, 0.3) is 0 Å². The minimum absolute atomic E-state index is 0.0524. The first-order chi connectivity index (χ1) is 10.7. The Morgan fingerprint density at radius 3 is 3.09 bits per heavy atom. The van der Waals surface area contributed by atoms with Crippen molar-refractivity contribution < 1.29 is 14.1 Å². The van der Waals surface area contributed by atoms with E-state index in [-0.39, 0.29) is 11.9 Å². The van der Waals surface area contributed by atoms with Crippen molar-refractivity contribution >= 4 is 5.91 Å². The minimum atomic E-state index is -0.347. The predicted molar refractivity (Wildman–Crippen MR) is 77.2 cm³/mol. The second kappa shape index (κ2) is 6.23. The smallest absolute Gasteiger partial charge is 0.255 e. The van der Waals surface area contributed by atoms with Gasteiger partial charge in [-0.15, -0.1) is 0 Å². The summed E-state index contributed by atoms with van der Waals surface area (Å²) in [6.45, 7) is 5.12. The average molecular weight is 302 g/mol. The third-order valence-corrected chi connectivity index (χ3v) is 3.73. The maximum atomic E-state index is 12.9. The van der Waals surface area contributed by atoms with Crippen molar-refractivity contribution in [2.75, 3.05) is 19.8 Å². The Kier molecular flexibility index (Phi) is 4.15. The fourth-order valence-corrected chi connectivity index (χ4v) is 2.57. The van der Waals surface area contributed by atoms with Crippen molar-refractivity contribution in [3.63, 3.8) is 0 Å². The zero-order valence-corrected chi connectivity index (χ0v) is 12.7. The number of carbonyl (C=O) groups excluding carboxylic acids is 1. The van der Waals surface area contributed by atoms with Gasteiger partial charge < -0.3 is 14.2 Å². The van der Waals surface area contributed by atoms with E-state index in [1.54, 1.807) is 30.3 Å². The number of aromatic nitrogens is 3. The zero-order valence-electron chi connectivity index (χ0n) is 12.7. The first-order valence-electron chi connectivity index (χ1n) is 7.32. The Morgan fingerprint density at radius 1 is 1.50 bits per heavy atom. The number of hydrogen-bond acceptors (Lipinski definition) is 6. The molecule has 116 valence electrons. The number of nitrogens with zero attached hydrogens (tertiary/aromatic N) is 4. The topological polar surface area (TPSA) is 81.4 Å². The van der Waals surface area contributed by atoms with Crippen LogP contribution in [0.15, 0.2) is 23.0 Å². The van der Waals surface area contributed by atoms with Gasteiger partial charge in [0.25, 0.3) is 11.8 Å². The molecule has 0 spiro atoms. The average Bonchev–Trinajstić information content (AvgIpc) is 3.00. The summed E-state index contributed by atoms with van der Waals surface area (Å²) in [6, 6.07) is 1.41. The molecule has 1 saturated heterocycles. The third kappa shape index (κ3) is 2.71. The first kappa shape index (κ1) is 14.6. The lowest BCUT2D eigenvalue weighted by molar-refractivity contribution is -0.0119. The van der Waals surface area contributed by atoms with Gasteiger partial charge in [-0.05, 0) is 25.0 Å². The number of hydrogen-bond donors (Lipinski definition) is 0. The van der Waals surface area contributed by atoms with E-state index in [2.05, 4.69) is 15.1 Å². The lowest BCUT2D eigenvalue weighted by Crippen LogP contribution is -2.43. The van der Waals surface area contributed by atoms with Crippen molar-refractivity contribution in [3.05, 3.63) is 41.3 Å². The molecular weight excluding hydrogens is 284 g/mol. The minimum Gasteiger partial charge on any atom is -0.377 e. The highest BCUT2D eigenvalue weighted by Crippen LogP contribution is 2.25. The molecule has 22 heavy (non-hydrogen) atoms. The Bertz CT molecular complexity index is 670. The second-order valence-corrected chi connectivity index (χ2v) is 5.16. The molecule has 3 rings (SSSR count). The lowest BCUT2D eigenvalue weighted by atomic mass is 10.1. The molecule has 0 N–H and O–H groups in total. The zero-order chi connectivity index (χ0) is 15.5. The van der Waals surface area contributed by atoms with Gasteiger partial charge in [0.1, 0.15) is 6.04 Å². The fourth-order valence-electron chi connectivity index (χ4n) is 2.57. The molecule has 0 saturated carbocycles. The van der Waals surface area contributed by atoms with E-state index in [9.17, 15) is 4.79 Å². The van der Waals surface area contributed by atoms with E-state index >= 15 is 0 Å². The molecule has 2 aromatic rings. The molecule has 7 heteroatoms. The molecule has 1 fully saturated rings. The standard InChI is InChI=1S/C15H18N4O3/c1-3-11-8-16-5-4-12(11)15(20)19-6-7-21-9-13(19)14-17-10(2)18-22-14/h4-5,8,13H,3,6-7,9H2,1-2H3. The Labute approximate surface area is 128 Å². The van der Waals surface area contributed by atoms with Gasteiger partial charge in [-0.25, -0.2) is 0 Å². The van der Waals surface area contributed by atoms with Gasteiger partial charge in [-0.3, -0.25) is 9.78 Å². The summed E-state index contributed by atoms with van der Waals surface area (Å²) in [6.07, 6.45) is 4.13. The molecule has 0 aliphatic carbocycles. The summed E-state index contributed by atoms with van der Waals surface area (Å²) < 4.78 is 10.7. The Morgan fingerprint density at radius 2 is 2.36 bits per heavy atom. The molecule has 7 nitrogen and oxygen atoms in total. The molecule has 0 radical (unpaired) electrons. The summed E-state index contributed by atoms with van der Waals surface area (Å²) in [5.41, 5.74) is 1.60. The van der Waals surface area contributed by atoms with E-state index in [0.717, 1.165) is 12.0 Å². The van der Waals surface area contributed by atoms with Crippen molar-refractivity contribution in [2.24, 2.45) is 0 Å². The van der Waals surface area contributed by atoms with Gasteiger partial charge in [-0.2, -0.15) is 4.98 Å². The quantitative estimate of drug-likeness (QED) is 0.855. The van der Waals surface area contributed by atoms with Crippen LogP contribution in [0.5, 0.6) is 0 Å². The van der Waals surface area contributed by atoms with Gasteiger partial charge in [0.05, 0.1) is 13.2 Å². The number of morpholine rings is 1. The van der Waals surface area contributed by atoms with Crippen LogP contribution in [-0.2, 0) is 11.2 Å². The third-order valence-electron chi connectivity index (χ3n) is 3.73. The van der Waals surface area contributed by atoms with Crippen LogP contribution in [-0.4, -0.2) is 45.7 Å². The summed E-state index contributed by atoms with van der Waals surface area (Å²) >= 11 is 0. The molecule has 1 atom stereocenters. The second-order valence-electron chi connectivity index (χ2n) is 5.16. The van der Waals surface area contributed by atoms with Crippen molar-refractivity contribution in [2.45, 2.75) is 26.3 Å². The van der Waals surface area contributed by atoms with Crippen LogP contribution in [0, 0.1) is 6.92 Å². The van der Waals surface area contributed by atoms with Gasteiger partial charge in [0.15, 0.2) is 5.82 Å². The molecule has 3 heterocycles. The van der Waals surface area contributed by atoms with Crippen LogP contribution in [0.1, 0.15) is 40.6 Å². The molecule has 1 amide bonds. The SMILES string of the molecule is CCc1cnccc1C(=O)N1CCOCC1c1nc(C)no1. The number of ether oxygens (including phenoxy) is 1. The van der Waals surface area contributed by atoms with Crippen molar-refractivity contribution in [1.29, 1.82) is 0 Å². The monoisotopic (exact) mass is 302 g/mol. The van der Waals surface area contributed by atoms with Crippen LogP contribution < -0.4 is 0 Å². The first-order valence-corrected chi connectivity index (χ1v) is 7.32. The van der Waals surface area contributed by atoms with Gasteiger partial charge in [0.2, 0.25) is 0 Å². The normalized spacial score (nSPS) is 18.5. The molecule has 1 unspecified atom stereocenters. The maximum Gasteiger partial charge on any atom is 0.255 e. The highest BCUT2D eigenvalue weighted by Gasteiger charge is 2.33. The van der Waals surface area contributed by atoms with Crippen LogP contribution in [0.3, 0.4) is 0 Å². The summed E-state index contributed by atoms with van der Waals surface area (Å²) in [5, 5.41) is 3.80. The number of aryl methyl sites for hydroxylation is 2. The fraction of sp³-hybridized carbons (Fsp3) is 0.467. The van der Waals surface area contributed by atoms with E-state index < -0.39 is 0 Å². The van der Waals surface area contributed by atoms with Crippen LogP contribution >= 0.6 is 0 Å². The Hall–Kier alpha value is -2.28. The highest BCUT2D eigenvalue weighted by atomic mass is 16.5. The molecule has 1 aliphatic heterocycles. The molecule has 2 aromatic heterocycles. The lowest BCUT2D eigenvalue weighted by Gasteiger charge is -2.33. The number of carbonyl (C=O) groups is 1. The van der Waals surface area contributed by atoms with E-state index in [4.69, 9.17) is 9.26 Å². The predicted octanol–water partition coefficient (Wildman–Crippen LogP) is 1.55. The maximum absolute atomic E-state index is 12.9. The van der Waals surface area contributed by atoms with E-state index in [1.165, 1.54) is 0 Å². The van der Waals surface area contributed by atoms with Gasteiger partial charge >= 0.3 is 0 Å². The van der Waals surface area contributed by atoms with Crippen LogP contribution in [0.4, 0.5) is 0 Å². The Balaban J connectivity index is 1.91. The van der Waals surface area contributed by atoms with Crippen molar-refractivity contribution in [3.8, 4) is 0 Å². The van der Waals surface area contributed by atoms with E-state index in [0.29, 0.717) is 37.0 Å². The summed E-state index contributed by atoms with van der Waals surface area (Å²) in [5.74, 6) is 0.909. The summed E-state index contributed by atoms with van der Waals surface area (Å²) in [4.78, 5) is 23.0.